The minimum absolute atomic E-state index is 0.674. The largest absolute Gasteiger partial charge is 0.317 e. The average Bonchev–Trinajstić information content (AvgIpc) is 2.60. The van der Waals surface area contributed by atoms with Gasteiger partial charge in [-0.15, -0.1) is 0 Å². The van der Waals surface area contributed by atoms with Crippen LogP contribution in [0.1, 0.15) is 39.5 Å². The zero-order valence-corrected chi connectivity index (χ0v) is 10.4. The summed E-state index contributed by atoms with van der Waals surface area (Å²) in [5.74, 6) is 0.911. The third-order valence-electron chi connectivity index (χ3n) is 4.22. The second kappa shape index (κ2) is 4.84. The van der Waals surface area contributed by atoms with Crippen LogP contribution >= 0.6 is 0 Å². The standard InChI is InChI=1S/C13H26N2/c1-3-14-9-12-5-8-15(10-12)11-13(2)6-4-7-13/h12,14H,3-11H2,1-2H3. The van der Waals surface area contributed by atoms with Crippen LogP contribution in [-0.2, 0) is 0 Å². The van der Waals surface area contributed by atoms with Gasteiger partial charge in [0.2, 0.25) is 0 Å². The van der Waals surface area contributed by atoms with E-state index in [0.717, 1.165) is 12.5 Å². The first-order chi connectivity index (χ1) is 7.22. The minimum Gasteiger partial charge on any atom is -0.317 e. The Morgan fingerprint density at radius 2 is 2.20 bits per heavy atom. The summed E-state index contributed by atoms with van der Waals surface area (Å²) in [6, 6.07) is 0. The molecule has 1 saturated heterocycles. The van der Waals surface area contributed by atoms with Gasteiger partial charge in [0.05, 0.1) is 0 Å². The zero-order chi connectivity index (χ0) is 10.7. The first kappa shape index (κ1) is 11.4. The Labute approximate surface area is 94.4 Å². The van der Waals surface area contributed by atoms with Crippen LogP contribution in [0.5, 0.6) is 0 Å². The Kier molecular flexibility index (Phi) is 3.68. The van der Waals surface area contributed by atoms with Gasteiger partial charge in [-0.1, -0.05) is 20.3 Å². The van der Waals surface area contributed by atoms with Crippen molar-refractivity contribution in [3.05, 3.63) is 0 Å². The summed E-state index contributed by atoms with van der Waals surface area (Å²) in [4.78, 5) is 2.70. The van der Waals surface area contributed by atoms with Crippen molar-refractivity contribution in [2.75, 3.05) is 32.7 Å². The van der Waals surface area contributed by atoms with E-state index in [4.69, 9.17) is 0 Å². The lowest BCUT2D eigenvalue weighted by Crippen LogP contribution is -2.39. The number of likely N-dealkylation sites (tertiary alicyclic amines) is 1. The van der Waals surface area contributed by atoms with Crippen molar-refractivity contribution in [1.29, 1.82) is 0 Å². The second-order valence-electron chi connectivity index (χ2n) is 5.86. The Morgan fingerprint density at radius 1 is 1.40 bits per heavy atom. The number of nitrogens with zero attached hydrogens (tertiary/aromatic N) is 1. The molecule has 0 aromatic carbocycles. The quantitative estimate of drug-likeness (QED) is 0.747. The van der Waals surface area contributed by atoms with Crippen molar-refractivity contribution in [3.63, 3.8) is 0 Å². The van der Waals surface area contributed by atoms with Crippen molar-refractivity contribution < 1.29 is 0 Å². The topological polar surface area (TPSA) is 15.3 Å². The molecular weight excluding hydrogens is 184 g/mol. The van der Waals surface area contributed by atoms with Crippen LogP contribution < -0.4 is 5.32 Å². The van der Waals surface area contributed by atoms with Gasteiger partial charge < -0.3 is 10.2 Å². The number of nitrogens with one attached hydrogen (secondary N) is 1. The lowest BCUT2D eigenvalue weighted by Gasteiger charge is -2.41. The van der Waals surface area contributed by atoms with Crippen molar-refractivity contribution in [2.45, 2.75) is 39.5 Å². The Bertz CT molecular complexity index is 199. The zero-order valence-electron chi connectivity index (χ0n) is 10.4. The molecule has 2 heteroatoms. The van der Waals surface area contributed by atoms with E-state index in [1.807, 2.05) is 0 Å². The van der Waals surface area contributed by atoms with Crippen LogP contribution in [0.2, 0.25) is 0 Å². The van der Waals surface area contributed by atoms with Gasteiger partial charge in [0, 0.05) is 13.1 Å². The van der Waals surface area contributed by atoms with Gasteiger partial charge in [0.25, 0.3) is 0 Å². The monoisotopic (exact) mass is 210 g/mol. The normalized spacial score (nSPS) is 30.4. The molecule has 1 heterocycles. The molecule has 0 radical (unpaired) electrons. The van der Waals surface area contributed by atoms with E-state index in [9.17, 15) is 0 Å². The molecule has 0 aromatic heterocycles. The second-order valence-corrected chi connectivity index (χ2v) is 5.86. The maximum Gasteiger partial charge on any atom is 0.00354 e. The fraction of sp³-hybridized carbons (Fsp3) is 1.00. The predicted octanol–water partition coefficient (Wildman–Crippen LogP) is 2.11. The number of hydrogen-bond acceptors (Lipinski definition) is 2. The lowest BCUT2D eigenvalue weighted by molar-refractivity contribution is 0.0965. The van der Waals surface area contributed by atoms with Crippen molar-refractivity contribution >= 4 is 0 Å². The van der Waals surface area contributed by atoms with E-state index >= 15 is 0 Å². The summed E-state index contributed by atoms with van der Waals surface area (Å²) in [6.45, 7) is 11.0. The summed E-state index contributed by atoms with van der Waals surface area (Å²) in [7, 11) is 0. The van der Waals surface area contributed by atoms with Gasteiger partial charge in [-0.25, -0.2) is 0 Å². The van der Waals surface area contributed by atoms with Crippen LogP contribution in [0.25, 0.3) is 0 Å². The highest BCUT2D eigenvalue weighted by atomic mass is 15.2. The SMILES string of the molecule is CCNCC1CCN(CC2(C)CCC2)C1. The van der Waals surface area contributed by atoms with Gasteiger partial charge in [-0.2, -0.15) is 0 Å². The van der Waals surface area contributed by atoms with Crippen molar-refractivity contribution in [2.24, 2.45) is 11.3 Å². The molecule has 1 unspecified atom stereocenters. The smallest absolute Gasteiger partial charge is 0.00354 e. The van der Waals surface area contributed by atoms with Crippen LogP contribution in [0.4, 0.5) is 0 Å². The van der Waals surface area contributed by atoms with E-state index < -0.39 is 0 Å². The third-order valence-corrected chi connectivity index (χ3v) is 4.22. The van der Waals surface area contributed by atoms with Gasteiger partial charge in [-0.3, -0.25) is 0 Å². The van der Waals surface area contributed by atoms with Gasteiger partial charge >= 0.3 is 0 Å². The fourth-order valence-corrected chi connectivity index (χ4v) is 3.05. The van der Waals surface area contributed by atoms with Crippen LogP contribution in [-0.4, -0.2) is 37.6 Å². The summed E-state index contributed by atoms with van der Waals surface area (Å²) in [6.07, 6.45) is 5.79. The molecule has 1 saturated carbocycles. The predicted molar refractivity (Wildman–Crippen MR) is 65.0 cm³/mol. The maximum absolute atomic E-state index is 3.47. The molecule has 15 heavy (non-hydrogen) atoms. The lowest BCUT2D eigenvalue weighted by atomic mass is 9.70. The summed E-state index contributed by atoms with van der Waals surface area (Å²) in [5.41, 5.74) is 0.674. The van der Waals surface area contributed by atoms with Gasteiger partial charge in [-0.05, 0) is 50.2 Å². The first-order valence-electron chi connectivity index (χ1n) is 6.65. The molecule has 0 spiro atoms. The van der Waals surface area contributed by atoms with Crippen LogP contribution in [0, 0.1) is 11.3 Å². The van der Waals surface area contributed by atoms with Gasteiger partial charge in [0.1, 0.15) is 0 Å². The van der Waals surface area contributed by atoms with Crippen molar-refractivity contribution in [3.8, 4) is 0 Å². The molecule has 0 bridgehead atoms. The van der Waals surface area contributed by atoms with Crippen molar-refractivity contribution in [1.82, 2.24) is 10.2 Å². The van der Waals surface area contributed by atoms with E-state index in [0.29, 0.717) is 5.41 Å². The summed E-state index contributed by atoms with van der Waals surface area (Å²) in [5, 5.41) is 3.47. The Hall–Kier alpha value is -0.0800. The highest BCUT2D eigenvalue weighted by Crippen LogP contribution is 2.41. The van der Waals surface area contributed by atoms with Crippen LogP contribution in [0.15, 0.2) is 0 Å². The molecular formula is C13H26N2. The summed E-state index contributed by atoms with van der Waals surface area (Å²) < 4.78 is 0. The molecule has 2 aliphatic rings. The molecule has 1 N–H and O–H groups in total. The maximum atomic E-state index is 3.47. The molecule has 0 amide bonds. The van der Waals surface area contributed by atoms with E-state index in [1.54, 1.807) is 0 Å². The Balaban J connectivity index is 1.68. The number of rotatable bonds is 5. The molecule has 1 aliphatic heterocycles. The molecule has 2 rings (SSSR count). The first-order valence-corrected chi connectivity index (χ1v) is 6.65. The molecule has 88 valence electrons. The molecule has 1 atom stereocenters. The third kappa shape index (κ3) is 2.94. The minimum atomic E-state index is 0.674. The van der Waals surface area contributed by atoms with E-state index in [-0.39, 0.29) is 0 Å². The van der Waals surface area contributed by atoms with E-state index in [1.165, 1.54) is 51.9 Å². The highest BCUT2D eigenvalue weighted by Gasteiger charge is 2.35. The summed E-state index contributed by atoms with van der Waals surface area (Å²) >= 11 is 0. The van der Waals surface area contributed by atoms with E-state index in [2.05, 4.69) is 24.1 Å². The average molecular weight is 210 g/mol. The molecule has 1 aliphatic carbocycles. The fourth-order valence-electron chi connectivity index (χ4n) is 3.05. The molecule has 0 aromatic rings. The molecule has 2 nitrogen and oxygen atoms in total. The van der Waals surface area contributed by atoms with Gasteiger partial charge in [0.15, 0.2) is 0 Å². The highest BCUT2D eigenvalue weighted by molar-refractivity contribution is 4.89. The van der Waals surface area contributed by atoms with Crippen LogP contribution in [0.3, 0.4) is 0 Å². The molecule has 2 fully saturated rings. The Morgan fingerprint density at radius 3 is 2.80 bits per heavy atom. The number of hydrogen-bond donors (Lipinski definition) is 1.